The van der Waals surface area contributed by atoms with Crippen molar-refractivity contribution in [1.29, 1.82) is 0 Å². The predicted octanol–water partition coefficient (Wildman–Crippen LogP) is 0.789. The molecule has 2 unspecified atom stereocenters. The van der Waals surface area contributed by atoms with Crippen LogP contribution in [0.2, 0.25) is 0 Å². The van der Waals surface area contributed by atoms with Gasteiger partial charge in [-0.25, -0.2) is 13.1 Å². The highest BCUT2D eigenvalue weighted by molar-refractivity contribution is 7.99. The maximum atomic E-state index is 14.9. The standard InChI is InChI=1S/C38H55N9O8S2/c1-37(2,53)31-23-40-43-47(31)27-22-30(35(51)42-38(32(48)33(39)49)13-19-56-20-14-38)46(24-27)36(52)29(21-25-7-5-4-6-8-25)41-34(50)26-9-11-28(12-10-26)57(54,55)45-17-15-44(3)16-18-45/h9-12,23,25,27,29-30,53H,4-8,13-22,24H2,1-3H3,(H2,39,49)(H,41,50)(H,42,51)/t27?,29-,30?/m1/s1. The molecule has 17 nitrogen and oxygen atoms in total. The van der Waals surface area contributed by atoms with Crippen LogP contribution >= 0.6 is 11.8 Å². The zero-order chi connectivity index (χ0) is 41.1. The number of carbonyl (C=O) groups excluding carboxylic acids is 5. The van der Waals surface area contributed by atoms with E-state index in [1.54, 1.807) is 25.6 Å². The van der Waals surface area contributed by atoms with Crippen LogP contribution in [0.25, 0.3) is 0 Å². The normalized spacial score (nSPS) is 23.1. The number of thioether (sulfide) groups is 1. The van der Waals surface area contributed by atoms with E-state index in [0.717, 1.165) is 32.1 Å². The minimum Gasteiger partial charge on any atom is -0.384 e. The van der Waals surface area contributed by atoms with Crippen LogP contribution in [0.3, 0.4) is 0 Å². The highest BCUT2D eigenvalue weighted by atomic mass is 32.2. The van der Waals surface area contributed by atoms with Crippen molar-refractivity contribution < 1.29 is 37.5 Å². The number of primary amides is 1. The Morgan fingerprint density at radius 1 is 1.02 bits per heavy atom. The fourth-order valence-electron chi connectivity index (χ4n) is 8.49. The summed E-state index contributed by atoms with van der Waals surface area (Å²) in [5.41, 5.74) is 3.13. The predicted molar refractivity (Wildman–Crippen MR) is 211 cm³/mol. The number of likely N-dealkylation sites (tertiary alicyclic amines) is 1. The third-order valence-electron chi connectivity index (χ3n) is 11.9. The molecule has 4 aliphatic rings. The minimum absolute atomic E-state index is 0.0220. The van der Waals surface area contributed by atoms with Crippen molar-refractivity contribution in [2.75, 3.05) is 51.3 Å². The van der Waals surface area contributed by atoms with Crippen LogP contribution < -0.4 is 16.4 Å². The fraction of sp³-hybridized carbons (Fsp3) is 0.658. The number of amides is 4. The van der Waals surface area contributed by atoms with E-state index in [1.165, 1.54) is 44.3 Å². The molecule has 0 spiro atoms. The first-order valence-corrected chi connectivity index (χ1v) is 22.4. The molecule has 4 heterocycles. The third kappa shape index (κ3) is 9.53. The molecule has 0 radical (unpaired) electrons. The molecule has 1 saturated carbocycles. The van der Waals surface area contributed by atoms with Gasteiger partial charge in [-0.3, -0.25) is 24.0 Å². The van der Waals surface area contributed by atoms with Crippen LogP contribution in [0.15, 0.2) is 35.4 Å². The number of carbonyl (C=O) groups is 5. The topological polar surface area (TPSA) is 230 Å². The minimum atomic E-state index is -3.77. The Morgan fingerprint density at radius 2 is 1.67 bits per heavy atom. The van der Waals surface area contributed by atoms with Crippen molar-refractivity contribution in [3.63, 3.8) is 0 Å². The highest BCUT2D eigenvalue weighted by Crippen LogP contribution is 2.35. The van der Waals surface area contributed by atoms with Crippen LogP contribution in [0, 0.1) is 5.92 Å². The lowest BCUT2D eigenvalue weighted by Crippen LogP contribution is -2.63. The van der Waals surface area contributed by atoms with Crippen LogP contribution in [0.5, 0.6) is 0 Å². The maximum Gasteiger partial charge on any atom is 0.287 e. The Hall–Kier alpha value is -3.91. The number of sulfonamides is 1. The smallest absolute Gasteiger partial charge is 0.287 e. The van der Waals surface area contributed by atoms with Gasteiger partial charge < -0.3 is 31.3 Å². The van der Waals surface area contributed by atoms with Crippen molar-refractivity contribution in [1.82, 2.24) is 39.7 Å². The lowest BCUT2D eigenvalue weighted by atomic mass is 9.84. The van der Waals surface area contributed by atoms with Gasteiger partial charge in [-0.05, 0) is 81.8 Å². The second kappa shape index (κ2) is 17.5. The number of hydrogen-bond acceptors (Lipinski definition) is 12. The molecule has 4 fully saturated rings. The first-order valence-electron chi connectivity index (χ1n) is 19.8. The van der Waals surface area contributed by atoms with Crippen molar-refractivity contribution in [3.8, 4) is 0 Å². The SMILES string of the molecule is CN1CCN(S(=O)(=O)c2ccc(C(=O)N[C@H](CC3CCCCC3)C(=O)N3CC(n4nncc4C(C)(C)O)CC3C(=O)NC3(C(=O)C(N)=O)CCSCC3)cc2)CC1. The van der Waals surface area contributed by atoms with Gasteiger partial charge in [-0.15, -0.1) is 5.10 Å². The van der Waals surface area contributed by atoms with E-state index in [2.05, 4.69) is 25.8 Å². The molecule has 1 aromatic heterocycles. The van der Waals surface area contributed by atoms with E-state index in [4.69, 9.17) is 5.73 Å². The molecule has 0 bridgehead atoms. The quantitative estimate of drug-likeness (QED) is 0.206. The van der Waals surface area contributed by atoms with Crippen molar-refractivity contribution in [2.24, 2.45) is 11.7 Å². The summed E-state index contributed by atoms with van der Waals surface area (Å²) in [6.45, 7) is 5.08. The molecule has 4 amide bonds. The largest absolute Gasteiger partial charge is 0.384 e. The second-order valence-electron chi connectivity index (χ2n) is 16.4. The second-order valence-corrected chi connectivity index (χ2v) is 19.6. The summed E-state index contributed by atoms with van der Waals surface area (Å²) in [5.74, 6) is -2.62. The number of nitrogens with two attached hydrogens (primary N) is 1. The Morgan fingerprint density at radius 3 is 2.28 bits per heavy atom. The Bertz CT molecular complexity index is 1910. The summed E-state index contributed by atoms with van der Waals surface area (Å²) in [4.78, 5) is 72.2. The van der Waals surface area contributed by atoms with Gasteiger partial charge in [0.15, 0.2) is 0 Å². The Balaban J connectivity index is 1.29. The number of piperazine rings is 1. The molecule has 2 aromatic rings. The van der Waals surface area contributed by atoms with Crippen molar-refractivity contribution >= 4 is 51.2 Å². The summed E-state index contributed by atoms with van der Waals surface area (Å²) in [6, 6.07) is 2.86. The van der Waals surface area contributed by atoms with E-state index >= 15 is 0 Å². The number of ketones is 1. The van der Waals surface area contributed by atoms with Crippen molar-refractivity contribution in [2.45, 2.75) is 106 Å². The van der Waals surface area contributed by atoms with E-state index in [1.807, 2.05) is 7.05 Å². The maximum absolute atomic E-state index is 14.9. The highest BCUT2D eigenvalue weighted by Gasteiger charge is 2.49. The molecule has 312 valence electrons. The summed E-state index contributed by atoms with van der Waals surface area (Å²) in [6.07, 6.45) is 6.96. The van der Waals surface area contributed by atoms with Gasteiger partial charge in [0.25, 0.3) is 11.8 Å². The van der Waals surface area contributed by atoms with E-state index in [0.29, 0.717) is 49.8 Å². The molecule has 1 aromatic carbocycles. The lowest BCUT2D eigenvalue weighted by Gasteiger charge is -2.37. The number of aromatic nitrogens is 3. The molecule has 1 aliphatic carbocycles. The average molecular weight is 830 g/mol. The Kier molecular flexibility index (Phi) is 13.1. The van der Waals surface area contributed by atoms with Crippen LogP contribution in [0.1, 0.15) is 93.7 Å². The number of benzene rings is 1. The monoisotopic (exact) mass is 829 g/mol. The molecular formula is C38H55N9O8S2. The summed E-state index contributed by atoms with van der Waals surface area (Å²) < 4.78 is 29.6. The van der Waals surface area contributed by atoms with Gasteiger partial charge in [0, 0.05) is 44.7 Å². The van der Waals surface area contributed by atoms with Crippen LogP contribution in [-0.2, 0) is 34.8 Å². The number of likely N-dealkylation sites (N-methyl/N-ethyl adjacent to an activating group) is 1. The zero-order valence-electron chi connectivity index (χ0n) is 32.9. The van der Waals surface area contributed by atoms with Gasteiger partial charge in [-0.2, -0.15) is 16.1 Å². The number of rotatable bonds is 13. The van der Waals surface area contributed by atoms with Gasteiger partial charge in [0.2, 0.25) is 27.6 Å². The van der Waals surface area contributed by atoms with E-state index in [9.17, 15) is 37.5 Å². The van der Waals surface area contributed by atoms with Gasteiger partial charge in [0.05, 0.1) is 22.8 Å². The molecular weight excluding hydrogens is 775 g/mol. The van der Waals surface area contributed by atoms with E-state index in [-0.39, 0.29) is 42.2 Å². The number of aliphatic hydroxyl groups is 1. The first kappa shape index (κ1) is 42.7. The number of hydrogen-bond donors (Lipinski definition) is 4. The number of nitrogens with one attached hydrogen (secondary N) is 2. The molecule has 3 aliphatic heterocycles. The molecule has 5 N–H and O–H groups in total. The molecule has 6 rings (SSSR count). The third-order valence-corrected chi connectivity index (χ3v) is 14.8. The Labute approximate surface area is 337 Å². The van der Waals surface area contributed by atoms with Crippen LogP contribution in [0.4, 0.5) is 0 Å². The summed E-state index contributed by atoms with van der Waals surface area (Å²) in [5, 5.41) is 24.9. The zero-order valence-corrected chi connectivity index (χ0v) is 34.5. The molecule has 3 atom stereocenters. The molecule has 3 saturated heterocycles. The molecule has 57 heavy (non-hydrogen) atoms. The fourth-order valence-corrected chi connectivity index (χ4v) is 11.1. The van der Waals surface area contributed by atoms with E-state index < -0.39 is 68.7 Å². The number of nitrogens with zero attached hydrogens (tertiary/aromatic N) is 6. The van der Waals surface area contributed by atoms with Gasteiger partial charge >= 0.3 is 0 Å². The van der Waals surface area contributed by atoms with Gasteiger partial charge in [-0.1, -0.05) is 37.3 Å². The summed E-state index contributed by atoms with van der Waals surface area (Å²) in [7, 11) is -1.83. The van der Waals surface area contributed by atoms with Gasteiger partial charge in [0.1, 0.15) is 23.2 Å². The summed E-state index contributed by atoms with van der Waals surface area (Å²) >= 11 is 1.59. The first-order chi connectivity index (χ1) is 27.0. The van der Waals surface area contributed by atoms with Crippen LogP contribution in [-0.4, -0.2) is 141 Å². The number of Topliss-reactive ketones (excluding diaryl/α,β-unsaturated/α-hetero) is 1. The van der Waals surface area contributed by atoms with Crippen molar-refractivity contribution in [3.05, 3.63) is 41.7 Å². The average Bonchev–Trinajstić information content (AvgIpc) is 3.87. The molecule has 19 heteroatoms. The lowest BCUT2D eigenvalue weighted by molar-refractivity contribution is -0.145.